The highest BCUT2D eigenvalue weighted by Gasteiger charge is 2.16. The summed E-state index contributed by atoms with van der Waals surface area (Å²) in [7, 11) is 1.35. The molecular weight excluding hydrogens is 216 g/mol. The van der Waals surface area contributed by atoms with Gasteiger partial charge in [0, 0.05) is 0 Å². The van der Waals surface area contributed by atoms with Gasteiger partial charge in [-0.25, -0.2) is 4.79 Å². The van der Waals surface area contributed by atoms with Crippen LogP contribution in [0.1, 0.15) is 54.6 Å². The third-order valence-electron chi connectivity index (χ3n) is 2.81. The van der Waals surface area contributed by atoms with E-state index in [0.717, 1.165) is 19.3 Å². The molecule has 1 aromatic rings. The molecule has 1 unspecified atom stereocenters. The van der Waals surface area contributed by atoms with Crippen LogP contribution in [0.5, 0.6) is 0 Å². The molecule has 0 aromatic heterocycles. The average molecular weight is 236 g/mol. The van der Waals surface area contributed by atoms with Crippen LogP contribution in [-0.2, 0) is 4.74 Å². The highest BCUT2D eigenvalue weighted by molar-refractivity contribution is 5.91. The number of benzene rings is 1. The third kappa shape index (κ3) is 3.86. The van der Waals surface area contributed by atoms with Gasteiger partial charge >= 0.3 is 5.97 Å². The molecule has 0 saturated carbocycles. The van der Waals surface area contributed by atoms with E-state index in [9.17, 15) is 9.90 Å². The highest BCUT2D eigenvalue weighted by atomic mass is 16.5. The van der Waals surface area contributed by atoms with Gasteiger partial charge in [0.1, 0.15) is 0 Å². The Hall–Kier alpha value is -1.35. The Labute approximate surface area is 102 Å². The van der Waals surface area contributed by atoms with Crippen LogP contribution in [0.25, 0.3) is 0 Å². The summed E-state index contributed by atoms with van der Waals surface area (Å²) in [5.41, 5.74) is 1.12. The van der Waals surface area contributed by atoms with Crippen LogP contribution >= 0.6 is 0 Å². The molecule has 0 bridgehead atoms. The number of methoxy groups -OCH3 is 1. The first-order valence-electron chi connectivity index (χ1n) is 6.06. The van der Waals surface area contributed by atoms with Crippen molar-refractivity contribution in [2.45, 2.75) is 38.7 Å². The van der Waals surface area contributed by atoms with E-state index in [1.807, 2.05) is 6.07 Å². The number of carbonyl (C=O) groups excluding carboxylic acids is 1. The summed E-state index contributed by atoms with van der Waals surface area (Å²) in [5.74, 6) is -0.393. The largest absolute Gasteiger partial charge is 0.465 e. The second kappa shape index (κ2) is 7.07. The van der Waals surface area contributed by atoms with Crippen molar-refractivity contribution in [1.29, 1.82) is 0 Å². The van der Waals surface area contributed by atoms with Gasteiger partial charge in [-0.2, -0.15) is 0 Å². The van der Waals surface area contributed by atoms with E-state index >= 15 is 0 Å². The van der Waals surface area contributed by atoms with Crippen LogP contribution in [0.2, 0.25) is 0 Å². The third-order valence-corrected chi connectivity index (χ3v) is 2.81. The van der Waals surface area contributed by atoms with Crippen LogP contribution < -0.4 is 0 Å². The molecule has 0 aliphatic rings. The van der Waals surface area contributed by atoms with E-state index in [1.54, 1.807) is 18.2 Å². The van der Waals surface area contributed by atoms with Gasteiger partial charge in [0.2, 0.25) is 0 Å². The number of hydrogen-bond acceptors (Lipinski definition) is 3. The molecule has 0 aliphatic heterocycles. The Morgan fingerprint density at radius 2 is 2.06 bits per heavy atom. The van der Waals surface area contributed by atoms with E-state index in [1.165, 1.54) is 7.11 Å². The van der Waals surface area contributed by atoms with Gasteiger partial charge in [-0.3, -0.25) is 0 Å². The van der Waals surface area contributed by atoms with Gasteiger partial charge in [-0.15, -0.1) is 0 Å². The zero-order valence-corrected chi connectivity index (χ0v) is 10.5. The van der Waals surface area contributed by atoms with Gasteiger partial charge in [0.05, 0.1) is 18.8 Å². The number of aliphatic hydroxyl groups excluding tert-OH is 1. The first-order valence-corrected chi connectivity index (χ1v) is 6.06. The second-order valence-corrected chi connectivity index (χ2v) is 4.09. The van der Waals surface area contributed by atoms with Crippen molar-refractivity contribution in [1.82, 2.24) is 0 Å². The minimum atomic E-state index is -0.586. The zero-order valence-electron chi connectivity index (χ0n) is 10.5. The Kier molecular flexibility index (Phi) is 5.70. The van der Waals surface area contributed by atoms with Crippen LogP contribution in [0, 0.1) is 0 Å². The van der Waals surface area contributed by atoms with E-state index in [4.69, 9.17) is 4.74 Å². The Bertz CT molecular complexity index is 360. The van der Waals surface area contributed by atoms with Crippen LogP contribution in [0.15, 0.2) is 24.3 Å². The maximum atomic E-state index is 11.5. The summed E-state index contributed by atoms with van der Waals surface area (Å²) < 4.78 is 4.70. The van der Waals surface area contributed by atoms with Crippen LogP contribution in [0.4, 0.5) is 0 Å². The predicted molar refractivity (Wildman–Crippen MR) is 66.9 cm³/mol. The number of rotatable bonds is 6. The van der Waals surface area contributed by atoms with E-state index < -0.39 is 12.1 Å². The lowest BCUT2D eigenvalue weighted by atomic mass is 9.98. The maximum Gasteiger partial charge on any atom is 0.338 e. The van der Waals surface area contributed by atoms with Crippen molar-refractivity contribution < 1.29 is 14.6 Å². The fraction of sp³-hybridized carbons (Fsp3) is 0.500. The fourth-order valence-corrected chi connectivity index (χ4v) is 1.83. The molecule has 0 radical (unpaired) electrons. The van der Waals surface area contributed by atoms with Gasteiger partial charge in [-0.05, 0) is 18.1 Å². The van der Waals surface area contributed by atoms with E-state index in [2.05, 4.69) is 6.92 Å². The summed E-state index contributed by atoms with van der Waals surface area (Å²) in [6.07, 6.45) is 3.27. The van der Waals surface area contributed by atoms with E-state index in [0.29, 0.717) is 17.5 Å². The van der Waals surface area contributed by atoms with Crippen molar-refractivity contribution >= 4 is 5.97 Å². The lowest BCUT2D eigenvalue weighted by Crippen LogP contribution is -2.09. The molecule has 1 N–H and O–H groups in total. The molecule has 0 saturated heterocycles. The molecule has 0 fully saturated rings. The number of aliphatic hydroxyl groups is 1. The van der Waals surface area contributed by atoms with Gasteiger partial charge in [-0.1, -0.05) is 44.4 Å². The monoisotopic (exact) mass is 236 g/mol. The minimum absolute atomic E-state index is 0.393. The molecule has 1 atom stereocenters. The fourth-order valence-electron chi connectivity index (χ4n) is 1.83. The summed E-state index contributed by atoms with van der Waals surface area (Å²) in [6.45, 7) is 2.12. The molecular formula is C14H20O3. The van der Waals surface area contributed by atoms with Crippen molar-refractivity contribution in [2.24, 2.45) is 0 Å². The smallest absolute Gasteiger partial charge is 0.338 e. The Morgan fingerprint density at radius 3 is 2.71 bits per heavy atom. The molecule has 3 heteroatoms. The molecule has 0 heterocycles. The van der Waals surface area contributed by atoms with Gasteiger partial charge < -0.3 is 9.84 Å². The van der Waals surface area contributed by atoms with Crippen LogP contribution in [-0.4, -0.2) is 18.2 Å². The molecule has 1 rings (SSSR count). The maximum absolute atomic E-state index is 11.5. The number of hydrogen-bond donors (Lipinski definition) is 1. The van der Waals surface area contributed by atoms with Crippen molar-refractivity contribution in [2.75, 3.05) is 7.11 Å². The molecule has 0 spiro atoms. The van der Waals surface area contributed by atoms with Crippen LogP contribution in [0.3, 0.4) is 0 Å². The number of ether oxygens (including phenoxy) is 1. The Balaban J connectivity index is 2.78. The quantitative estimate of drug-likeness (QED) is 0.610. The summed E-state index contributed by atoms with van der Waals surface area (Å²) in [6, 6.07) is 7.06. The van der Waals surface area contributed by atoms with Gasteiger partial charge in [0.25, 0.3) is 0 Å². The molecule has 17 heavy (non-hydrogen) atoms. The molecule has 94 valence electrons. The van der Waals surface area contributed by atoms with Crippen molar-refractivity contribution in [3.8, 4) is 0 Å². The first-order chi connectivity index (χ1) is 8.20. The van der Waals surface area contributed by atoms with Crippen molar-refractivity contribution in [3.05, 3.63) is 35.4 Å². The minimum Gasteiger partial charge on any atom is -0.465 e. The zero-order chi connectivity index (χ0) is 12.7. The topological polar surface area (TPSA) is 46.5 Å². The first kappa shape index (κ1) is 13.7. The average Bonchev–Trinajstić information content (AvgIpc) is 2.38. The normalized spacial score (nSPS) is 12.2. The lowest BCUT2D eigenvalue weighted by molar-refractivity contribution is 0.0592. The second-order valence-electron chi connectivity index (χ2n) is 4.09. The van der Waals surface area contributed by atoms with Gasteiger partial charge in [0.15, 0.2) is 0 Å². The highest BCUT2D eigenvalue weighted by Crippen LogP contribution is 2.23. The summed E-state index contributed by atoms with van der Waals surface area (Å²) in [4.78, 5) is 11.5. The summed E-state index contributed by atoms with van der Waals surface area (Å²) >= 11 is 0. The predicted octanol–water partition coefficient (Wildman–Crippen LogP) is 3.09. The Morgan fingerprint density at radius 1 is 1.35 bits per heavy atom. The molecule has 0 aliphatic carbocycles. The van der Waals surface area contributed by atoms with E-state index in [-0.39, 0.29) is 0 Å². The summed E-state index contributed by atoms with van der Waals surface area (Å²) in [5, 5.41) is 10.1. The number of unbranched alkanes of at least 4 members (excludes halogenated alkanes) is 2. The number of esters is 1. The molecule has 3 nitrogen and oxygen atoms in total. The SMILES string of the molecule is CCCCCC(O)c1ccccc1C(=O)OC. The molecule has 0 amide bonds. The molecule has 1 aromatic carbocycles. The lowest BCUT2D eigenvalue weighted by Gasteiger charge is -2.14. The standard InChI is InChI=1S/C14H20O3/c1-3-4-5-10-13(15)11-8-6-7-9-12(11)14(16)17-2/h6-9,13,15H,3-5,10H2,1-2H3. The number of carbonyl (C=O) groups is 1. The van der Waals surface area contributed by atoms with Crippen molar-refractivity contribution in [3.63, 3.8) is 0 Å².